The lowest BCUT2D eigenvalue weighted by Gasteiger charge is -2.21. The molecule has 1 rings (SSSR count). The first-order valence-electron chi connectivity index (χ1n) is 7.58. The molecular formula is C14H30N4S. The van der Waals surface area contributed by atoms with Crippen molar-refractivity contribution in [2.45, 2.75) is 38.4 Å². The first kappa shape index (κ1) is 16.6. The Hall–Kier alpha value is -0.420. The van der Waals surface area contributed by atoms with Gasteiger partial charge in [-0.15, -0.1) is 0 Å². The van der Waals surface area contributed by atoms with Gasteiger partial charge in [0.2, 0.25) is 0 Å². The number of nitrogens with one attached hydrogen (secondary N) is 2. The molecule has 1 unspecified atom stereocenters. The molecule has 4 nitrogen and oxygen atoms in total. The fourth-order valence-corrected chi connectivity index (χ4v) is 3.51. The monoisotopic (exact) mass is 286 g/mol. The van der Waals surface area contributed by atoms with Gasteiger partial charge in [-0.3, -0.25) is 4.99 Å². The lowest BCUT2D eigenvalue weighted by Crippen LogP contribution is -2.43. The predicted molar refractivity (Wildman–Crippen MR) is 87.2 cm³/mol. The van der Waals surface area contributed by atoms with E-state index in [4.69, 9.17) is 0 Å². The SMILES string of the molecule is CCCN(CC)CCNC(=NC)NCC1CCCS1. The van der Waals surface area contributed by atoms with Crippen molar-refractivity contribution in [3.05, 3.63) is 0 Å². The van der Waals surface area contributed by atoms with Crippen LogP contribution in [0.25, 0.3) is 0 Å². The van der Waals surface area contributed by atoms with Gasteiger partial charge in [0.15, 0.2) is 5.96 Å². The summed E-state index contributed by atoms with van der Waals surface area (Å²) in [6.45, 7) is 9.85. The van der Waals surface area contributed by atoms with Crippen LogP contribution in [-0.2, 0) is 0 Å². The number of nitrogens with zero attached hydrogens (tertiary/aromatic N) is 2. The minimum atomic E-state index is 0.769. The Bertz CT molecular complexity index is 252. The van der Waals surface area contributed by atoms with Gasteiger partial charge in [0.1, 0.15) is 0 Å². The third kappa shape index (κ3) is 7.06. The van der Waals surface area contributed by atoms with E-state index in [9.17, 15) is 0 Å². The molecule has 1 aliphatic rings. The van der Waals surface area contributed by atoms with Gasteiger partial charge in [-0.25, -0.2) is 0 Å². The van der Waals surface area contributed by atoms with Crippen LogP contribution >= 0.6 is 11.8 Å². The van der Waals surface area contributed by atoms with Crippen LogP contribution in [0.4, 0.5) is 0 Å². The zero-order valence-corrected chi connectivity index (χ0v) is 13.6. The maximum atomic E-state index is 4.28. The van der Waals surface area contributed by atoms with Gasteiger partial charge >= 0.3 is 0 Å². The van der Waals surface area contributed by atoms with Gasteiger partial charge < -0.3 is 15.5 Å². The van der Waals surface area contributed by atoms with E-state index >= 15 is 0 Å². The number of hydrogen-bond donors (Lipinski definition) is 2. The molecule has 0 aromatic carbocycles. The predicted octanol–water partition coefficient (Wildman–Crippen LogP) is 1.78. The van der Waals surface area contributed by atoms with E-state index in [2.05, 4.69) is 46.1 Å². The molecule has 1 fully saturated rings. The molecule has 1 heterocycles. The Morgan fingerprint density at radius 1 is 1.32 bits per heavy atom. The number of hydrogen-bond acceptors (Lipinski definition) is 3. The number of guanidine groups is 1. The van der Waals surface area contributed by atoms with Crippen molar-refractivity contribution < 1.29 is 0 Å². The van der Waals surface area contributed by atoms with E-state index in [0.717, 1.165) is 37.4 Å². The summed E-state index contributed by atoms with van der Waals surface area (Å²) in [6, 6.07) is 0. The standard InChI is InChI=1S/C14H30N4S/c1-4-9-18(5-2)10-8-16-14(15-3)17-12-13-7-6-11-19-13/h13H,4-12H2,1-3H3,(H2,15,16,17). The maximum absolute atomic E-state index is 4.28. The molecular weight excluding hydrogens is 256 g/mol. The fraction of sp³-hybridized carbons (Fsp3) is 0.929. The second-order valence-electron chi connectivity index (χ2n) is 4.95. The van der Waals surface area contributed by atoms with Crippen molar-refractivity contribution in [2.75, 3.05) is 45.5 Å². The van der Waals surface area contributed by atoms with Gasteiger partial charge in [0.25, 0.3) is 0 Å². The van der Waals surface area contributed by atoms with Crippen LogP contribution in [0.3, 0.4) is 0 Å². The first-order valence-corrected chi connectivity index (χ1v) is 8.63. The van der Waals surface area contributed by atoms with Gasteiger partial charge in [0.05, 0.1) is 0 Å². The minimum Gasteiger partial charge on any atom is -0.355 e. The number of likely N-dealkylation sites (N-methyl/N-ethyl adjacent to an activating group) is 1. The molecule has 5 heteroatoms. The number of rotatable bonds is 8. The molecule has 1 aliphatic heterocycles. The molecule has 2 N–H and O–H groups in total. The first-order chi connectivity index (χ1) is 9.30. The van der Waals surface area contributed by atoms with Gasteiger partial charge in [0, 0.05) is 31.9 Å². The second kappa shape index (κ2) is 10.4. The molecule has 0 amide bonds. The van der Waals surface area contributed by atoms with E-state index in [1.165, 1.54) is 31.6 Å². The van der Waals surface area contributed by atoms with Crippen molar-refractivity contribution in [1.82, 2.24) is 15.5 Å². The molecule has 0 spiro atoms. The average molecular weight is 286 g/mol. The third-order valence-corrected chi connectivity index (χ3v) is 4.85. The van der Waals surface area contributed by atoms with Crippen molar-refractivity contribution in [3.8, 4) is 0 Å². The van der Waals surface area contributed by atoms with E-state index in [-0.39, 0.29) is 0 Å². The average Bonchev–Trinajstić information content (AvgIpc) is 2.94. The number of aliphatic imine (C=N–C) groups is 1. The molecule has 1 saturated heterocycles. The van der Waals surface area contributed by atoms with E-state index in [1.807, 2.05) is 7.05 Å². The van der Waals surface area contributed by atoms with Crippen LogP contribution in [-0.4, -0.2) is 61.6 Å². The molecule has 19 heavy (non-hydrogen) atoms. The number of thioether (sulfide) groups is 1. The molecule has 1 atom stereocenters. The van der Waals surface area contributed by atoms with Gasteiger partial charge in [-0.2, -0.15) is 11.8 Å². The smallest absolute Gasteiger partial charge is 0.191 e. The highest BCUT2D eigenvalue weighted by Gasteiger charge is 2.15. The van der Waals surface area contributed by atoms with Crippen molar-refractivity contribution in [1.29, 1.82) is 0 Å². The van der Waals surface area contributed by atoms with Gasteiger partial charge in [-0.1, -0.05) is 13.8 Å². The topological polar surface area (TPSA) is 39.7 Å². The summed E-state index contributed by atoms with van der Waals surface area (Å²) in [6.07, 6.45) is 3.93. The van der Waals surface area contributed by atoms with Crippen LogP contribution in [0.2, 0.25) is 0 Å². The Morgan fingerprint density at radius 2 is 2.16 bits per heavy atom. The molecule has 0 radical (unpaired) electrons. The lowest BCUT2D eigenvalue weighted by atomic mass is 10.2. The van der Waals surface area contributed by atoms with E-state index in [0.29, 0.717) is 0 Å². The Labute approximate surface area is 122 Å². The van der Waals surface area contributed by atoms with Crippen LogP contribution < -0.4 is 10.6 Å². The molecule has 0 aliphatic carbocycles. The third-order valence-electron chi connectivity index (χ3n) is 3.45. The Morgan fingerprint density at radius 3 is 2.74 bits per heavy atom. The van der Waals surface area contributed by atoms with Crippen molar-refractivity contribution >= 4 is 17.7 Å². The highest BCUT2D eigenvalue weighted by Crippen LogP contribution is 2.25. The summed E-state index contributed by atoms with van der Waals surface area (Å²) in [5.74, 6) is 2.26. The quantitative estimate of drug-likeness (QED) is 0.527. The molecule has 0 bridgehead atoms. The van der Waals surface area contributed by atoms with E-state index < -0.39 is 0 Å². The highest BCUT2D eigenvalue weighted by molar-refractivity contribution is 8.00. The summed E-state index contributed by atoms with van der Waals surface area (Å²) in [7, 11) is 1.85. The summed E-state index contributed by atoms with van der Waals surface area (Å²) < 4.78 is 0. The summed E-state index contributed by atoms with van der Waals surface area (Å²) >= 11 is 2.08. The van der Waals surface area contributed by atoms with Crippen LogP contribution in [0.5, 0.6) is 0 Å². The van der Waals surface area contributed by atoms with Crippen LogP contribution in [0.1, 0.15) is 33.1 Å². The summed E-state index contributed by atoms with van der Waals surface area (Å²) in [4.78, 5) is 6.75. The van der Waals surface area contributed by atoms with E-state index in [1.54, 1.807) is 0 Å². The zero-order chi connectivity index (χ0) is 13.9. The molecule has 0 aromatic heterocycles. The normalized spacial score (nSPS) is 20.0. The van der Waals surface area contributed by atoms with Crippen LogP contribution in [0, 0.1) is 0 Å². The van der Waals surface area contributed by atoms with Gasteiger partial charge in [-0.05, 0) is 38.1 Å². The zero-order valence-electron chi connectivity index (χ0n) is 12.7. The second-order valence-corrected chi connectivity index (χ2v) is 6.36. The largest absolute Gasteiger partial charge is 0.355 e. The lowest BCUT2D eigenvalue weighted by molar-refractivity contribution is 0.293. The highest BCUT2D eigenvalue weighted by atomic mass is 32.2. The maximum Gasteiger partial charge on any atom is 0.191 e. The van der Waals surface area contributed by atoms with Crippen LogP contribution in [0.15, 0.2) is 4.99 Å². The fourth-order valence-electron chi connectivity index (χ4n) is 2.31. The molecule has 0 aromatic rings. The van der Waals surface area contributed by atoms with Crippen molar-refractivity contribution in [3.63, 3.8) is 0 Å². The Kier molecular flexibility index (Phi) is 9.08. The summed E-state index contributed by atoms with van der Waals surface area (Å²) in [5.41, 5.74) is 0. The van der Waals surface area contributed by atoms with Crippen molar-refractivity contribution in [2.24, 2.45) is 4.99 Å². The Balaban J connectivity index is 2.13. The minimum absolute atomic E-state index is 0.769. The molecule has 112 valence electrons. The molecule has 0 saturated carbocycles. The summed E-state index contributed by atoms with van der Waals surface area (Å²) in [5, 5.41) is 7.61.